The number of carbonyl (C=O) groups excluding carboxylic acids is 2. The van der Waals surface area contributed by atoms with Crippen molar-refractivity contribution < 1.29 is 18.7 Å². The molecule has 2 N–H and O–H groups in total. The Kier molecular flexibility index (Phi) is 7.92. The van der Waals surface area contributed by atoms with Crippen LogP contribution in [0.25, 0.3) is 0 Å². The van der Waals surface area contributed by atoms with E-state index in [2.05, 4.69) is 20.4 Å². The predicted molar refractivity (Wildman–Crippen MR) is 127 cm³/mol. The van der Waals surface area contributed by atoms with E-state index in [4.69, 9.17) is 4.74 Å². The summed E-state index contributed by atoms with van der Waals surface area (Å²) in [5.74, 6) is -0.652. The normalized spacial score (nSPS) is 19.8. The summed E-state index contributed by atoms with van der Waals surface area (Å²) in [6.45, 7) is 6.66. The number of amides is 2. The molecular formula is C26H31FN4O3. The fourth-order valence-corrected chi connectivity index (χ4v) is 4.50. The van der Waals surface area contributed by atoms with Crippen molar-refractivity contribution in [2.24, 2.45) is 0 Å². The van der Waals surface area contributed by atoms with Crippen LogP contribution in [0, 0.1) is 5.82 Å². The lowest BCUT2D eigenvalue weighted by Gasteiger charge is -2.32. The SMILES string of the molecule is CCOC(=O)C1=C(CN2CCCN(Cc3ccc(F)cc3)CC2)NC(=O)N[C@@H]1c1ccccc1. The van der Waals surface area contributed by atoms with Crippen LogP contribution in [0.2, 0.25) is 0 Å². The van der Waals surface area contributed by atoms with Crippen molar-refractivity contribution in [1.82, 2.24) is 20.4 Å². The number of carbonyl (C=O) groups is 2. The molecule has 34 heavy (non-hydrogen) atoms. The lowest BCUT2D eigenvalue weighted by molar-refractivity contribution is -0.139. The summed E-state index contributed by atoms with van der Waals surface area (Å²) in [6.07, 6.45) is 0.956. The molecule has 8 heteroatoms. The molecule has 2 aliphatic rings. The maximum Gasteiger partial charge on any atom is 0.338 e. The van der Waals surface area contributed by atoms with E-state index >= 15 is 0 Å². The molecule has 0 bridgehead atoms. The molecule has 2 aromatic carbocycles. The average Bonchev–Trinajstić information content (AvgIpc) is 3.06. The van der Waals surface area contributed by atoms with Crippen LogP contribution in [0.15, 0.2) is 65.9 Å². The fourth-order valence-electron chi connectivity index (χ4n) is 4.50. The maximum atomic E-state index is 13.2. The van der Waals surface area contributed by atoms with Crippen LogP contribution in [0.3, 0.4) is 0 Å². The van der Waals surface area contributed by atoms with Crippen LogP contribution in [-0.4, -0.2) is 61.1 Å². The van der Waals surface area contributed by atoms with Gasteiger partial charge in [0.2, 0.25) is 0 Å². The monoisotopic (exact) mass is 466 g/mol. The van der Waals surface area contributed by atoms with Gasteiger partial charge in [-0.1, -0.05) is 42.5 Å². The Bertz CT molecular complexity index is 1030. The van der Waals surface area contributed by atoms with Gasteiger partial charge in [-0.3, -0.25) is 9.80 Å². The zero-order valence-corrected chi connectivity index (χ0v) is 19.4. The molecule has 4 rings (SSSR count). The quantitative estimate of drug-likeness (QED) is 0.613. The molecule has 2 heterocycles. The number of halogens is 1. The number of hydrogen-bond acceptors (Lipinski definition) is 5. The Morgan fingerprint density at radius 3 is 2.35 bits per heavy atom. The molecule has 0 spiro atoms. The second kappa shape index (κ2) is 11.3. The van der Waals surface area contributed by atoms with Gasteiger partial charge in [0.25, 0.3) is 0 Å². The molecule has 1 fully saturated rings. The first-order valence-corrected chi connectivity index (χ1v) is 11.7. The molecular weight excluding hydrogens is 435 g/mol. The molecule has 2 aromatic rings. The minimum atomic E-state index is -0.564. The number of benzene rings is 2. The summed E-state index contributed by atoms with van der Waals surface area (Å²) in [4.78, 5) is 30.1. The van der Waals surface area contributed by atoms with Crippen LogP contribution < -0.4 is 10.6 Å². The summed E-state index contributed by atoms with van der Waals surface area (Å²) in [5.41, 5.74) is 2.95. The number of hydrogen-bond donors (Lipinski definition) is 2. The van der Waals surface area contributed by atoms with Crippen LogP contribution in [-0.2, 0) is 16.1 Å². The lowest BCUT2D eigenvalue weighted by Crippen LogP contribution is -2.48. The van der Waals surface area contributed by atoms with Gasteiger partial charge >= 0.3 is 12.0 Å². The van der Waals surface area contributed by atoms with Crippen molar-refractivity contribution in [3.8, 4) is 0 Å². The van der Waals surface area contributed by atoms with Gasteiger partial charge < -0.3 is 15.4 Å². The van der Waals surface area contributed by atoms with Gasteiger partial charge in [-0.05, 0) is 49.7 Å². The minimum Gasteiger partial charge on any atom is -0.463 e. The first kappa shape index (κ1) is 23.9. The lowest BCUT2D eigenvalue weighted by atomic mass is 9.95. The van der Waals surface area contributed by atoms with Crippen LogP contribution in [0.1, 0.15) is 30.5 Å². The predicted octanol–water partition coefficient (Wildman–Crippen LogP) is 3.20. The Hall–Kier alpha value is -3.23. The van der Waals surface area contributed by atoms with Crippen LogP contribution in [0.4, 0.5) is 9.18 Å². The van der Waals surface area contributed by atoms with Crippen molar-refractivity contribution in [2.45, 2.75) is 25.9 Å². The van der Waals surface area contributed by atoms with E-state index in [-0.39, 0.29) is 18.5 Å². The number of nitrogens with zero attached hydrogens (tertiary/aromatic N) is 2. The second-order valence-corrected chi connectivity index (χ2v) is 8.59. The molecule has 2 amide bonds. The van der Waals surface area contributed by atoms with Crippen molar-refractivity contribution in [1.29, 1.82) is 0 Å². The Labute approximate surface area is 199 Å². The molecule has 0 saturated carbocycles. The molecule has 0 aliphatic carbocycles. The highest BCUT2D eigenvalue weighted by Gasteiger charge is 2.34. The van der Waals surface area contributed by atoms with Gasteiger partial charge in [0.15, 0.2) is 0 Å². The summed E-state index contributed by atoms with van der Waals surface area (Å²) in [7, 11) is 0. The van der Waals surface area contributed by atoms with Gasteiger partial charge in [0, 0.05) is 31.9 Å². The summed E-state index contributed by atoms with van der Waals surface area (Å²) in [6, 6.07) is 15.2. The van der Waals surface area contributed by atoms with E-state index < -0.39 is 12.0 Å². The zero-order valence-electron chi connectivity index (χ0n) is 19.4. The van der Waals surface area contributed by atoms with E-state index in [9.17, 15) is 14.0 Å². The van der Waals surface area contributed by atoms with Crippen LogP contribution >= 0.6 is 0 Å². The molecule has 0 unspecified atom stereocenters. The van der Waals surface area contributed by atoms with Gasteiger partial charge in [0.1, 0.15) is 5.82 Å². The number of nitrogens with one attached hydrogen (secondary N) is 2. The molecule has 180 valence electrons. The van der Waals surface area contributed by atoms with Gasteiger partial charge in [0.05, 0.1) is 18.2 Å². The van der Waals surface area contributed by atoms with Crippen molar-refractivity contribution in [3.05, 3.63) is 82.8 Å². The summed E-state index contributed by atoms with van der Waals surface area (Å²) >= 11 is 0. The van der Waals surface area contributed by atoms with Gasteiger partial charge in [-0.2, -0.15) is 0 Å². The fraction of sp³-hybridized carbons (Fsp3) is 0.385. The van der Waals surface area contributed by atoms with E-state index in [0.717, 1.165) is 50.3 Å². The third kappa shape index (κ3) is 6.01. The topological polar surface area (TPSA) is 73.9 Å². The third-order valence-electron chi connectivity index (χ3n) is 6.16. The molecule has 7 nitrogen and oxygen atoms in total. The third-order valence-corrected chi connectivity index (χ3v) is 6.16. The average molecular weight is 467 g/mol. The first-order valence-electron chi connectivity index (χ1n) is 11.7. The van der Waals surface area contributed by atoms with E-state index in [0.29, 0.717) is 17.8 Å². The minimum absolute atomic E-state index is 0.228. The highest BCUT2D eigenvalue weighted by molar-refractivity contribution is 5.95. The maximum absolute atomic E-state index is 13.2. The number of rotatable bonds is 7. The molecule has 1 atom stereocenters. The summed E-state index contributed by atoms with van der Waals surface area (Å²) in [5, 5.41) is 5.75. The largest absolute Gasteiger partial charge is 0.463 e. The zero-order chi connectivity index (χ0) is 23.9. The van der Waals surface area contributed by atoms with Gasteiger partial charge in [-0.15, -0.1) is 0 Å². The van der Waals surface area contributed by atoms with Crippen LogP contribution in [0.5, 0.6) is 0 Å². The Morgan fingerprint density at radius 2 is 1.68 bits per heavy atom. The smallest absolute Gasteiger partial charge is 0.338 e. The Morgan fingerprint density at radius 1 is 1.00 bits per heavy atom. The Balaban J connectivity index is 1.50. The first-order chi connectivity index (χ1) is 16.5. The number of ether oxygens (including phenoxy) is 1. The molecule has 1 saturated heterocycles. The van der Waals surface area contributed by atoms with Crippen molar-refractivity contribution in [3.63, 3.8) is 0 Å². The van der Waals surface area contributed by atoms with Crippen molar-refractivity contribution >= 4 is 12.0 Å². The molecule has 2 aliphatic heterocycles. The van der Waals surface area contributed by atoms with E-state index in [1.54, 1.807) is 6.92 Å². The van der Waals surface area contributed by atoms with Gasteiger partial charge in [-0.25, -0.2) is 14.0 Å². The van der Waals surface area contributed by atoms with E-state index in [1.165, 1.54) is 12.1 Å². The van der Waals surface area contributed by atoms with E-state index in [1.807, 2.05) is 42.5 Å². The second-order valence-electron chi connectivity index (χ2n) is 8.59. The number of urea groups is 1. The highest BCUT2D eigenvalue weighted by Crippen LogP contribution is 2.28. The molecule has 0 radical (unpaired) electrons. The summed E-state index contributed by atoms with van der Waals surface area (Å²) < 4.78 is 18.6. The van der Waals surface area contributed by atoms with Crippen molar-refractivity contribution in [2.75, 3.05) is 39.3 Å². The highest BCUT2D eigenvalue weighted by atomic mass is 19.1. The molecule has 0 aromatic heterocycles. The standard InChI is InChI=1S/C26H31FN4O3/c1-2-34-25(32)23-22(28-26(33)29-24(23)20-7-4-3-5-8-20)18-31-14-6-13-30(15-16-31)17-19-9-11-21(27)12-10-19/h3-5,7-12,24H,2,6,13-18H2,1H3,(H2,28,29,33)/t24-/m1/s1. The number of esters is 1.